The first-order valence-corrected chi connectivity index (χ1v) is 5.45. The van der Waals surface area contributed by atoms with Crippen molar-refractivity contribution in [2.75, 3.05) is 13.7 Å². The number of hydrogen-bond acceptors (Lipinski definition) is 4. The molecule has 0 aromatic carbocycles. The van der Waals surface area contributed by atoms with Gasteiger partial charge >= 0.3 is 5.97 Å². The van der Waals surface area contributed by atoms with Crippen molar-refractivity contribution in [3.05, 3.63) is 23.7 Å². The average molecular weight is 241 g/mol. The second-order valence-corrected chi connectivity index (χ2v) is 4.38. The largest absolute Gasteiger partial charge is 0.480 e. The summed E-state index contributed by atoms with van der Waals surface area (Å²) in [6.07, 6.45) is 0. The Morgan fingerprint density at radius 3 is 2.71 bits per heavy atom. The van der Waals surface area contributed by atoms with Crippen molar-refractivity contribution in [3.8, 4) is 0 Å². The standard InChI is InChI=1S/C12H19NO4/c1-8-5-6-10(17-8)9(2)13-12(3,7-16-4)11(14)15/h5-6,9,13H,7H2,1-4H3,(H,14,15). The molecule has 2 atom stereocenters. The van der Waals surface area contributed by atoms with E-state index in [1.54, 1.807) is 6.92 Å². The summed E-state index contributed by atoms with van der Waals surface area (Å²) in [7, 11) is 1.48. The normalized spacial score (nSPS) is 16.5. The van der Waals surface area contributed by atoms with Crippen molar-refractivity contribution in [3.63, 3.8) is 0 Å². The van der Waals surface area contributed by atoms with Crippen LogP contribution in [0.4, 0.5) is 0 Å². The van der Waals surface area contributed by atoms with E-state index in [-0.39, 0.29) is 12.6 Å². The molecular formula is C12H19NO4. The fourth-order valence-electron chi connectivity index (χ4n) is 1.69. The number of carboxylic acid groups (broad SMARTS) is 1. The summed E-state index contributed by atoms with van der Waals surface area (Å²) in [4.78, 5) is 11.2. The van der Waals surface area contributed by atoms with Gasteiger partial charge in [-0.2, -0.15) is 0 Å². The molecule has 96 valence electrons. The lowest BCUT2D eigenvalue weighted by molar-refractivity contribution is -0.146. The van der Waals surface area contributed by atoms with Crippen LogP contribution in [-0.4, -0.2) is 30.3 Å². The molecule has 1 aromatic rings. The van der Waals surface area contributed by atoms with Crippen LogP contribution in [0.5, 0.6) is 0 Å². The Hall–Kier alpha value is -1.33. The van der Waals surface area contributed by atoms with E-state index in [9.17, 15) is 9.90 Å². The van der Waals surface area contributed by atoms with Gasteiger partial charge in [0, 0.05) is 7.11 Å². The van der Waals surface area contributed by atoms with Gasteiger partial charge in [0.15, 0.2) is 0 Å². The highest BCUT2D eigenvalue weighted by atomic mass is 16.5. The van der Waals surface area contributed by atoms with E-state index in [0.717, 1.165) is 5.76 Å². The van der Waals surface area contributed by atoms with Gasteiger partial charge in [0.2, 0.25) is 0 Å². The molecule has 2 unspecified atom stereocenters. The first-order valence-electron chi connectivity index (χ1n) is 5.45. The maximum atomic E-state index is 11.2. The first-order chi connectivity index (χ1) is 7.89. The van der Waals surface area contributed by atoms with Gasteiger partial charge in [-0.1, -0.05) is 0 Å². The molecule has 0 fully saturated rings. The van der Waals surface area contributed by atoms with Gasteiger partial charge in [0.05, 0.1) is 12.6 Å². The Morgan fingerprint density at radius 1 is 1.65 bits per heavy atom. The average Bonchev–Trinajstić information content (AvgIpc) is 2.65. The zero-order valence-corrected chi connectivity index (χ0v) is 10.6. The molecular weight excluding hydrogens is 222 g/mol. The molecule has 0 aliphatic heterocycles. The molecule has 0 radical (unpaired) electrons. The summed E-state index contributed by atoms with van der Waals surface area (Å²) >= 11 is 0. The molecule has 17 heavy (non-hydrogen) atoms. The minimum Gasteiger partial charge on any atom is -0.480 e. The minimum absolute atomic E-state index is 0.0896. The van der Waals surface area contributed by atoms with Crippen LogP contribution < -0.4 is 5.32 Å². The summed E-state index contributed by atoms with van der Waals surface area (Å²) < 4.78 is 10.4. The topological polar surface area (TPSA) is 71.7 Å². The molecule has 0 spiro atoms. The van der Waals surface area contributed by atoms with Crippen LogP contribution in [-0.2, 0) is 9.53 Å². The van der Waals surface area contributed by atoms with E-state index in [2.05, 4.69) is 5.32 Å². The monoisotopic (exact) mass is 241 g/mol. The lowest BCUT2D eigenvalue weighted by Gasteiger charge is -2.28. The Balaban J connectivity index is 2.77. The maximum absolute atomic E-state index is 11.2. The van der Waals surface area contributed by atoms with Crippen molar-refractivity contribution in [2.45, 2.75) is 32.4 Å². The van der Waals surface area contributed by atoms with E-state index < -0.39 is 11.5 Å². The van der Waals surface area contributed by atoms with Crippen LogP contribution >= 0.6 is 0 Å². The van der Waals surface area contributed by atoms with Crippen LogP contribution in [0.1, 0.15) is 31.4 Å². The van der Waals surface area contributed by atoms with Crippen molar-refractivity contribution in [1.82, 2.24) is 5.32 Å². The summed E-state index contributed by atoms with van der Waals surface area (Å²) in [6, 6.07) is 3.49. The SMILES string of the molecule is COCC(C)(NC(C)c1ccc(C)o1)C(=O)O. The van der Waals surface area contributed by atoms with Gasteiger partial charge in [-0.25, -0.2) is 0 Å². The number of carbonyl (C=O) groups is 1. The third-order valence-corrected chi connectivity index (χ3v) is 2.63. The lowest BCUT2D eigenvalue weighted by atomic mass is 10.0. The predicted octanol–water partition coefficient (Wildman–Crippen LogP) is 1.73. The van der Waals surface area contributed by atoms with Crippen molar-refractivity contribution < 1.29 is 19.1 Å². The quantitative estimate of drug-likeness (QED) is 0.793. The molecule has 0 saturated carbocycles. The smallest absolute Gasteiger partial charge is 0.326 e. The minimum atomic E-state index is -1.13. The number of carboxylic acids is 1. The second-order valence-electron chi connectivity index (χ2n) is 4.38. The van der Waals surface area contributed by atoms with Crippen LogP contribution in [0.2, 0.25) is 0 Å². The zero-order chi connectivity index (χ0) is 13.1. The van der Waals surface area contributed by atoms with Crippen molar-refractivity contribution in [1.29, 1.82) is 0 Å². The highest BCUT2D eigenvalue weighted by molar-refractivity contribution is 5.78. The van der Waals surface area contributed by atoms with Crippen LogP contribution in [0.3, 0.4) is 0 Å². The molecule has 0 amide bonds. The summed E-state index contributed by atoms with van der Waals surface area (Å²) in [5.74, 6) is 0.568. The Morgan fingerprint density at radius 2 is 2.29 bits per heavy atom. The van der Waals surface area contributed by atoms with Crippen molar-refractivity contribution in [2.24, 2.45) is 0 Å². The fourth-order valence-corrected chi connectivity index (χ4v) is 1.69. The second kappa shape index (κ2) is 5.33. The Bertz CT molecular complexity index is 388. The van der Waals surface area contributed by atoms with Gasteiger partial charge in [-0.15, -0.1) is 0 Å². The maximum Gasteiger partial charge on any atom is 0.326 e. The predicted molar refractivity (Wildman–Crippen MR) is 62.9 cm³/mol. The van der Waals surface area contributed by atoms with Gasteiger partial charge < -0.3 is 14.3 Å². The number of furan rings is 1. The number of hydrogen-bond donors (Lipinski definition) is 2. The Kier molecular flexibility index (Phi) is 4.31. The molecule has 2 N–H and O–H groups in total. The highest BCUT2D eigenvalue weighted by Gasteiger charge is 2.35. The van der Waals surface area contributed by atoms with Gasteiger partial charge in [-0.3, -0.25) is 10.1 Å². The van der Waals surface area contributed by atoms with E-state index in [1.807, 2.05) is 26.0 Å². The molecule has 0 saturated heterocycles. The summed E-state index contributed by atoms with van der Waals surface area (Å²) in [5, 5.41) is 12.2. The van der Waals surface area contributed by atoms with E-state index in [4.69, 9.17) is 9.15 Å². The zero-order valence-electron chi connectivity index (χ0n) is 10.6. The highest BCUT2D eigenvalue weighted by Crippen LogP contribution is 2.19. The number of aryl methyl sites for hydroxylation is 1. The number of aliphatic carboxylic acids is 1. The molecule has 1 aromatic heterocycles. The molecule has 5 heteroatoms. The number of nitrogens with one attached hydrogen (secondary N) is 1. The molecule has 1 rings (SSSR count). The third-order valence-electron chi connectivity index (χ3n) is 2.63. The summed E-state index contributed by atoms with van der Waals surface area (Å²) in [5.41, 5.74) is -1.13. The molecule has 0 aliphatic carbocycles. The number of ether oxygens (including phenoxy) is 1. The molecule has 0 aliphatic rings. The Labute approximate surface area is 101 Å². The number of methoxy groups -OCH3 is 1. The van der Waals surface area contributed by atoms with E-state index in [1.165, 1.54) is 7.11 Å². The van der Waals surface area contributed by atoms with Crippen LogP contribution in [0, 0.1) is 6.92 Å². The van der Waals surface area contributed by atoms with Crippen LogP contribution in [0.15, 0.2) is 16.5 Å². The van der Waals surface area contributed by atoms with Gasteiger partial charge in [-0.05, 0) is 32.9 Å². The first kappa shape index (κ1) is 13.7. The third kappa shape index (κ3) is 3.31. The van der Waals surface area contributed by atoms with Crippen LogP contribution in [0.25, 0.3) is 0 Å². The van der Waals surface area contributed by atoms with E-state index >= 15 is 0 Å². The van der Waals surface area contributed by atoms with E-state index in [0.29, 0.717) is 5.76 Å². The molecule has 5 nitrogen and oxygen atoms in total. The van der Waals surface area contributed by atoms with Gasteiger partial charge in [0.25, 0.3) is 0 Å². The molecule has 1 heterocycles. The molecule has 0 bridgehead atoms. The summed E-state index contributed by atoms with van der Waals surface area (Å²) in [6.45, 7) is 5.38. The van der Waals surface area contributed by atoms with Crippen molar-refractivity contribution >= 4 is 5.97 Å². The lowest BCUT2D eigenvalue weighted by Crippen LogP contribution is -2.53. The fraction of sp³-hybridized carbons (Fsp3) is 0.583. The van der Waals surface area contributed by atoms with Gasteiger partial charge in [0.1, 0.15) is 17.1 Å². The number of rotatable bonds is 6.